The fourth-order valence-corrected chi connectivity index (χ4v) is 5.80. The first kappa shape index (κ1) is 32.1. The number of pyridine rings is 1. The van der Waals surface area contributed by atoms with Crippen LogP contribution < -0.4 is 15.4 Å². The first-order valence-electron chi connectivity index (χ1n) is 15.3. The Morgan fingerprint density at radius 2 is 2.02 bits per heavy atom. The fraction of sp³-hybridized carbons (Fsp3) is 0.515. The van der Waals surface area contributed by atoms with Gasteiger partial charge in [0.1, 0.15) is 19.0 Å². The number of likely N-dealkylation sites (tertiary alicyclic amines) is 1. The van der Waals surface area contributed by atoms with Crippen LogP contribution in [0.15, 0.2) is 48.8 Å². The molecule has 0 unspecified atom stereocenters. The van der Waals surface area contributed by atoms with Crippen LogP contribution in [0.4, 0.5) is 4.39 Å². The van der Waals surface area contributed by atoms with Crippen LogP contribution in [0.2, 0.25) is 0 Å². The molecule has 2 atom stereocenters. The van der Waals surface area contributed by atoms with E-state index in [-0.39, 0.29) is 30.8 Å². The molecule has 43 heavy (non-hydrogen) atoms. The monoisotopic (exact) mass is 594 g/mol. The standard InChI is InChI=1S/C33H43FN4O5/c34-13-17-43-29-8-2-5-25(19-29)4-1-6-26-18-28(22-36-21-26)30(20-32(40)41)37-33(42)27-7-3-16-38(23-27)31(39)10-9-24-11-14-35-15-12-24/h1-2,5-6,8,18-19,21-22,24,27,30,35H,3-4,7,9-17,20,23H2,(H,37,42)(H,40,41)/b6-1+/t27-,30+/m1/s1. The number of amides is 2. The SMILES string of the molecule is O=C(O)C[C@H](NC(=O)[C@@H]1CCCN(C(=O)CCC2CCNCC2)C1)c1cncc(/C=C/Cc2cccc(OCCF)c2)c1. The number of carbonyl (C=O) groups excluding carboxylic acids is 2. The van der Waals surface area contributed by atoms with Gasteiger partial charge in [-0.05, 0) is 92.4 Å². The van der Waals surface area contributed by atoms with Crippen molar-refractivity contribution in [1.82, 2.24) is 20.5 Å². The van der Waals surface area contributed by atoms with Crippen LogP contribution in [-0.2, 0) is 20.8 Å². The second-order valence-electron chi connectivity index (χ2n) is 11.4. The lowest BCUT2D eigenvalue weighted by Crippen LogP contribution is -2.46. The van der Waals surface area contributed by atoms with Gasteiger partial charge in [0.25, 0.3) is 0 Å². The number of carboxylic acid groups (broad SMARTS) is 1. The quantitative estimate of drug-likeness (QED) is 0.298. The van der Waals surface area contributed by atoms with Crippen LogP contribution in [0.1, 0.15) is 67.7 Å². The number of piperidine rings is 2. The molecule has 4 rings (SSSR count). The highest BCUT2D eigenvalue weighted by molar-refractivity contribution is 5.82. The Labute approximate surface area is 252 Å². The first-order chi connectivity index (χ1) is 20.9. The van der Waals surface area contributed by atoms with E-state index in [9.17, 15) is 23.9 Å². The van der Waals surface area contributed by atoms with Gasteiger partial charge in [-0.1, -0.05) is 24.3 Å². The van der Waals surface area contributed by atoms with Gasteiger partial charge < -0.3 is 25.4 Å². The molecule has 0 saturated carbocycles. The second kappa shape index (κ2) is 16.7. The molecule has 0 spiro atoms. The van der Waals surface area contributed by atoms with Gasteiger partial charge in [-0.15, -0.1) is 0 Å². The number of rotatable bonds is 14. The maximum absolute atomic E-state index is 13.3. The van der Waals surface area contributed by atoms with Crippen molar-refractivity contribution >= 4 is 23.9 Å². The molecule has 2 fully saturated rings. The zero-order chi connectivity index (χ0) is 30.4. The summed E-state index contributed by atoms with van der Waals surface area (Å²) in [7, 11) is 0. The summed E-state index contributed by atoms with van der Waals surface area (Å²) in [6, 6.07) is 8.54. The number of aliphatic carboxylic acids is 1. The van der Waals surface area contributed by atoms with Crippen LogP contribution >= 0.6 is 0 Å². The highest BCUT2D eigenvalue weighted by Gasteiger charge is 2.30. The summed E-state index contributed by atoms with van der Waals surface area (Å²) in [6.45, 7) is 2.49. The van der Waals surface area contributed by atoms with E-state index in [0.717, 1.165) is 49.9 Å². The topological polar surface area (TPSA) is 121 Å². The number of allylic oxidation sites excluding steroid dienone is 1. The van der Waals surface area contributed by atoms with Crippen molar-refractivity contribution in [2.75, 3.05) is 39.5 Å². The predicted molar refractivity (Wildman–Crippen MR) is 162 cm³/mol. The summed E-state index contributed by atoms with van der Waals surface area (Å²) >= 11 is 0. The fourth-order valence-electron chi connectivity index (χ4n) is 5.80. The summed E-state index contributed by atoms with van der Waals surface area (Å²) in [6.07, 6.45) is 12.4. The molecular formula is C33H43FN4O5. The van der Waals surface area contributed by atoms with Gasteiger partial charge in [0.15, 0.2) is 0 Å². The van der Waals surface area contributed by atoms with E-state index in [2.05, 4.69) is 15.6 Å². The number of halogens is 1. The number of alkyl halides is 1. The highest BCUT2D eigenvalue weighted by Crippen LogP contribution is 2.24. The zero-order valence-corrected chi connectivity index (χ0v) is 24.7. The lowest BCUT2D eigenvalue weighted by molar-refractivity contribution is -0.138. The number of nitrogens with one attached hydrogen (secondary N) is 2. The Balaban J connectivity index is 1.34. The van der Waals surface area contributed by atoms with Crippen LogP contribution in [0.25, 0.3) is 6.08 Å². The van der Waals surface area contributed by atoms with Gasteiger partial charge in [-0.3, -0.25) is 19.4 Å². The van der Waals surface area contributed by atoms with Crippen LogP contribution in [0, 0.1) is 11.8 Å². The van der Waals surface area contributed by atoms with Gasteiger partial charge >= 0.3 is 5.97 Å². The molecule has 232 valence electrons. The highest BCUT2D eigenvalue weighted by atomic mass is 19.1. The Kier molecular flexibility index (Phi) is 12.5. The van der Waals surface area contributed by atoms with Crippen LogP contribution in [0.3, 0.4) is 0 Å². The number of carbonyl (C=O) groups is 3. The molecule has 3 heterocycles. The van der Waals surface area contributed by atoms with E-state index in [1.165, 1.54) is 0 Å². The minimum absolute atomic E-state index is 0.0154. The molecule has 2 aliphatic heterocycles. The first-order valence-corrected chi connectivity index (χ1v) is 15.3. The lowest BCUT2D eigenvalue weighted by atomic mass is 9.92. The van der Waals surface area contributed by atoms with Gasteiger partial charge in [0.2, 0.25) is 11.8 Å². The van der Waals surface area contributed by atoms with E-state index in [1.807, 2.05) is 36.4 Å². The van der Waals surface area contributed by atoms with Crippen LogP contribution in [-0.4, -0.2) is 72.2 Å². The number of aromatic nitrogens is 1. The molecule has 2 aliphatic rings. The summed E-state index contributed by atoms with van der Waals surface area (Å²) in [4.78, 5) is 44.1. The molecule has 2 aromatic rings. The summed E-state index contributed by atoms with van der Waals surface area (Å²) in [5, 5.41) is 15.9. The van der Waals surface area contributed by atoms with E-state index < -0.39 is 18.7 Å². The molecule has 3 N–H and O–H groups in total. The maximum atomic E-state index is 13.3. The van der Waals surface area contributed by atoms with Crippen molar-refractivity contribution in [2.24, 2.45) is 11.8 Å². The molecule has 1 aromatic heterocycles. The van der Waals surface area contributed by atoms with E-state index in [1.54, 1.807) is 23.4 Å². The zero-order valence-electron chi connectivity index (χ0n) is 24.7. The van der Waals surface area contributed by atoms with E-state index >= 15 is 0 Å². The van der Waals surface area contributed by atoms with Gasteiger partial charge in [0, 0.05) is 31.9 Å². The Morgan fingerprint density at radius 3 is 2.81 bits per heavy atom. The molecule has 9 nitrogen and oxygen atoms in total. The van der Waals surface area contributed by atoms with E-state index in [4.69, 9.17) is 4.74 Å². The molecular weight excluding hydrogens is 551 g/mol. The number of carboxylic acids is 1. The average Bonchev–Trinajstić information content (AvgIpc) is 3.03. The van der Waals surface area contributed by atoms with Gasteiger partial charge in [-0.2, -0.15) is 0 Å². The summed E-state index contributed by atoms with van der Waals surface area (Å²) < 4.78 is 17.8. The number of hydrogen-bond acceptors (Lipinski definition) is 6. The molecule has 10 heteroatoms. The minimum Gasteiger partial charge on any atom is -0.491 e. The number of benzene rings is 1. The third kappa shape index (κ3) is 10.5. The van der Waals surface area contributed by atoms with Crippen molar-refractivity contribution in [3.63, 3.8) is 0 Å². The Hall–Kier alpha value is -3.79. The smallest absolute Gasteiger partial charge is 0.305 e. The second-order valence-corrected chi connectivity index (χ2v) is 11.4. The average molecular weight is 595 g/mol. The lowest BCUT2D eigenvalue weighted by Gasteiger charge is -2.33. The number of nitrogens with zero attached hydrogens (tertiary/aromatic N) is 2. The van der Waals surface area contributed by atoms with Crippen LogP contribution in [0.5, 0.6) is 5.75 Å². The van der Waals surface area contributed by atoms with Crippen molar-refractivity contribution in [2.45, 2.75) is 57.4 Å². The third-order valence-electron chi connectivity index (χ3n) is 8.16. The molecule has 0 aliphatic carbocycles. The van der Waals surface area contributed by atoms with Gasteiger partial charge in [-0.25, -0.2) is 4.39 Å². The molecule has 2 amide bonds. The normalized spacial score (nSPS) is 18.3. The molecule has 2 saturated heterocycles. The minimum atomic E-state index is -1.03. The van der Waals surface area contributed by atoms with Crippen molar-refractivity contribution in [1.29, 1.82) is 0 Å². The molecule has 1 aromatic carbocycles. The van der Waals surface area contributed by atoms with Crippen molar-refractivity contribution in [3.05, 3.63) is 65.5 Å². The van der Waals surface area contributed by atoms with Crippen molar-refractivity contribution in [3.8, 4) is 5.75 Å². The molecule has 0 bridgehead atoms. The summed E-state index contributed by atoms with van der Waals surface area (Å²) in [5.41, 5.74) is 2.37. The largest absolute Gasteiger partial charge is 0.491 e. The Morgan fingerprint density at radius 1 is 1.19 bits per heavy atom. The van der Waals surface area contributed by atoms with Gasteiger partial charge in [0.05, 0.1) is 18.4 Å². The number of hydrogen-bond donors (Lipinski definition) is 3. The maximum Gasteiger partial charge on any atom is 0.305 e. The predicted octanol–water partition coefficient (Wildman–Crippen LogP) is 4.34. The van der Waals surface area contributed by atoms with Crippen molar-refractivity contribution < 1.29 is 28.6 Å². The third-order valence-corrected chi connectivity index (χ3v) is 8.16. The Bertz CT molecular complexity index is 1250. The molecule has 0 radical (unpaired) electrons. The number of ether oxygens (including phenoxy) is 1. The van der Waals surface area contributed by atoms with E-state index in [0.29, 0.717) is 49.6 Å². The summed E-state index contributed by atoms with van der Waals surface area (Å²) in [5.74, 6) is -0.363.